The fourth-order valence-corrected chi connectivity index (χ4v) is 5.84. The van der Waals surface area contributed by atoms with E-state index in [2.05, 4.69) is 20.4 Å². The van der Waals surface area contributed by atoms with Crippen LogP contribution in [0.3, 0.4) is 0 Å². The van der Waals surface area contributed by atoms with Gasteiger partial charge in [0.1, 0.15) is 10.3 Å². The first-order valence-corrected chi connectivity index (χ1v) is 11.2. The maximum Gasteiger partial charge on any atom is 0.253 e. The van der Waals surface area contributed by atoms with Crippen molar-refractivity contribution >= 4 is 38.9 Å². The fraction of sp³-hybridized carbons (Fsp3) is 0.300. The van der Waals surface area contributed by atoms with Gasteiger partial charge in [0.15, 0.2) is 0 Å². The number of hydrogen-bond acceptors (Lipinski definition) is 5. The summed E-state index contributed by atoms with van der Waals surface area (Å²) in [7, 11) is -3.90. The topological polar surface area (TPSA) is 74.8 Å². The molecule has 1 fully saturated rings. The van der Waals surface area contributed by atoms with E-state index in [0.717, 1.165) is 26.1 Å². The van der Waals surface area contributed by atoms with E-state index in [4.69, 9.17) is 0 Å². The minimum atomic E-state index is -3.90. The molecule has 1 atom stereocenters. The smallest absolute Gasteiger partial charge is 0.253 e. The highest BCUT2D eigenvalue weighted by molar-refractivity contribution is 7.91. The molecule has 1 aliphatic heterocycles. The molecule has 8 heteroatoms. The molecule has 1 saturated heterocycles. The predicted octanol–water partition coefficient (Wildman–Crippen LogP) is 3.38. The molecule has 1 aromatic carbocycles. The standard InChI is InChI=1S/C20H22N2O4S2/c1-4-11-21(28(25,26)19-6-5-12-27-19)17-13-18(23)22(20(17)24)16-9-7-15(8-10-16)14(2)3/h4-10,12,14,17H,1,11,13H2,2-3H3. The zero-order valence-electron chi connectivity index (χ0n) is 15.7. The Hall–Kier alpha value is -2.29. The molecule has 1 aromatic heterocycles. The van der Waals surface area contributed by atoms with Crippen LogP contribution in [0.4, 0.5) is 5.69 Å². The van der Waals surface area contributed by atoms with Crippen LogP contribution in [0.5, 0.6) is 0 Å². The normalized spacial score (nSPS) is 17.7. The van der Waals surface area contributed by atoms with Crippen molar-refractivity contribution in [3.05, 3.63) is 60.0 Å². The molecule has 148 valence electrons. The van der Waals surface area contributed by atoms with Crippen molar-refractivity contribution in [1.82, 2.24) is 4.31 Å². The Morgan fingerprint density at radius 1 is 1.25 bits per heavy atom. The van der Waals surface area contributed by atoms with Gasteiger partial charge in [0.05, 0.1) is 12.1 Å². The number of benzene rings is 1. The van der Waals surface area contributed by atoms with Crippen LogP contribution >= 0.6 is 11.3 Å². The SMILES string of the molecule is C=CCN(C1CC(=O)N(c2ccc(C(C)C)cc2)C1=O)S(=O)(=O)c1cccs1. The third-order valence-corrected chi connectivity index (χ3v) is 7.90. The Balaban J connectivity index is 1.93. The number of carbonyl (C=O) groups is 2. The maximum absolute atomic E-state index is 13.0. The largest absolute Gasteiger partial charge is 0.274 e. The molecule has 0 spiro atoms. The van der Waals surface area contributed by atoms with Gasteiger partial charge in [-0.3, -0.25) is 9.59 Å². The number of hydrogen-bond donors (Lipinski definition) is 0. The Kier molecular flexibility index (Phi) is 5.83. The summed E-state index contributed by atoms with van der Waals surface area (Å²) in [4.78, 5) is 26.7. The van der Waals surface area contributed by atoms with E-state index < -0.39 is 27.9 Å². The van der Waals surface area contributed by atoms with Gasteiger partial charge >= 0.3 is 0 Å². The van der Waals surface area contributed by atoms with Crippen molar-refractivity contribution < 1.29 is 18.0 Å². The molecule has 0 bridgehead atoms. The molecule has 0 saturated carbocycles. The van der Waals surface area contributed by atoms with Crippen LogP contribution in [0.1, 0.15) is 31.7 Å². The summed E-state index contributed by atoms with van der Waals surface area (Å²) in [5.74, 6) is -0.627. The Bertz CT molecular complexity index is 980. The third-order valence-electron chi connectivity index (χ3n) is 4.66. The lowest BCUT2D eigenvalue weighted by molar-refractivity contribution is -0.122. The fourth-order valence-electron chi connectivity index (χ4n) is 3.17. The number of amides is 2. The highest BCUT2D eigenvalue weighted by atomic mass is 32.2. The maximum atomic E-state index is 13.0. The lowest BCUT2D eigenvalue weighted by Gasteiger charge is -2.25. The summed E-state index contributed by atoms with van der Waals surface area (Å²) >= 11 is 1.07. The number of thiophene rings is 1. The number of anilines is 1. The van der Waals surface area contributed by atoms with Crippen molar-refractivity contribution in [2.75, 3.05) is 11.4 Å². The molecule has 1 unspecified atom stereocenters. The molecule has 3 rings (SSSR count). The molecule has 0 N–H and O–H groups in total. The first-order valence-electron chi connectivity index (χ1n) is 8.90. The van der Waals surface area contributed by atoms with E-state index in [0.29, 0.717) is 11.6 Å². The van der Waals surface area contributed by atoms with Crippen LogP contribution in [-0.2, 0) is 19.6 Å². The summed E-state index contributed by atoms with van der Waals surface area (Å²) in [5, 5.41) is 1.66. The first kappa shape index (κ1) is 20.4. The summed E-state index contributed by atoms with van der Waals surface area (Å²) in [6.07, 6.45) is 1.23. The molecule has 6 nitrogen and oxygen atoms in total. The van der Waals surface area contributed by atoms with Gasteiger partial charge in [-0.05, 0) is 35.1 Å². The molecule has 0 aliphatic carbocycles. The molecular formula is C20H22N2O4S2. The second-order valence-electron chi connectivity index (χ2n) is 6.83. The van der Waals surface area contributed by atoms with Gasteiger partial charge < -0.3 is 0 Å². The molecule has 2 amide bonds. The minimum absolute atomic E-state index is 0.0515. The summed E-state index contributed by atoms with van der Waals surface area (Å²) in [5.41, 5.74) is 1.54. The average molecular weight is 419 g/mol. The monoisotopic (exact) mass is 418 g/mol. The average Bonchev–Trinajstić information content (AvgIpc) is 3.29. The van der Waals surface area contributed by atoms with Crippen LogP contribution in [0.25, 0.3) is 0 Å². The van der Waals surface area contributed by atoms with Crippen LogP contribution in [-0.4, -0.2) is 37.1 Å². The van der Waals surface area contributed by atoms with E-state index in [-0.39, 0.29) is 17.2 Å². The van der Waals surface area contributed by atoms with Gasteiger partial charge in [0.25, 0.3) is 15.9 Å². The molecule has 2 aromatic rings. The van der Waals surface area contributed by atoms with Gasteiger partial charge in [0, 0.05) is 6.54 Å². The van der Waals surface area contributed by atoms with Gasteiger partial charge in [-0.15, -0.1) is 17.9 Å². The quantitative estimate of drug-likeness (QED) is 0.510. The number of nitrogens with zero attached hydrogens (tertiary/aromatic N) is 2. The first-order chi connectivity index (χ1) is 13.3. The van der Waals surface area contributed by atoms with E-state index in [1.807, 2.05) is 12.1 Å². The van der Waals surface area contributed by atoms with Crippen LogP contribution in [0, 0.1) is 0 Å². The predicted molar refractivity (Wildman–Crippen MR) is 110 cm³/mol. The third kappa shape index (κ3) is 3.67. The Labute approximate surface area is 169 Å². The van der Waals surface area contributed by atoms with E-state index >= 15 is 0 Å². The van der Waals surface area contributed by atoms with Gasteiger partial charge in [-0.25, -0.2) is 13.3 Å². The van der Waals surface area contributed by atoms with Gasteiger partial charge in [-0.1, -0.05) is 38.1 Å². The summed E-state index contributed by atoms with van der Waals surface area (Å²) in [6.45, 7) is 7.66. The van der Waals surface area contributed by atoms with Gasteiger partial charge in [0.2, 0.25) is 5.91 Å². The molecular weight excluding hydrogens is 396 g/mol. The van der Waals surface area contributed by atoms with Crippen LogP contribution in [0.2, 0.25) is 0 Å². The zero-order valence-corrected chi connectivity index (χ0v) is 17.4. The molecule has 0 radical (unpaired) electrons. The lowest BCUT2D eigenvalue weighted by Crippen LogP contribution is -2.45. The Morgan fingerprint density at radius 2 is 1.93 bits per heavy atom. The van der Waals surface area contributed by atoms with E-state index in [9.17, 15) is 18.0 Å². The highest BCUT2D eigenvalue weighted by Gasteiger charge is 2.46. The molecule has 2 heterocycles. The number of rotatable bonds is 7. The second kappa shape index (κ2) is 7.98. The minimum Gasteiger partial charge on any atom is -0.274 e. The Morgan fingerprint density at radius 3 is 2.46 bits per heavy atom. The van der Waals surface area contributed by atoms with Crippen molar-refractivity contribution in [1.29, 1.82) is 0 Å². The number of imide groups is 1. The van der Waals surface area contributed by atoms with E-state index in [1.54, 1.807) is 23.6 Å². The van der Waals surface area contributed by atoms with Crippen LogP contribution < -0.4 is 4.90 Å². The second-order valence-corrected chi connectivity index (χ2v) is 9.89. The van der Waals surface area contributed by atoms with Gasteiger partial charge in [-0.2, -0.15) is 4.31 Å². The molecule has 1 aliphatic rings. The number of carbonyl (C=O) groups excluding carboxylic acids is 2. The lowest BCUT2D eigenvalue weighted by atomic mass is 10.0. The zero-order chi connectivity index (χ0) is 20.5. The highest BCUT2D eigenvalue weighted by Crippen LogP contribution is 2.31. The molecule has 28 heavy (non-hydrogen) atoms. The van der Waals surface area contributed by atoms with Crippen LogP contribution in [0.15, 0.2) is 58.6 Å². The van der Waals surface area contributed by atoms with Crippen molar-refractivity contribution in [2.45, 2.75) is 36.4 Å². The van der Waals surface area contributed by atoms with Crippen molar-refractivity contribution in [3.8, 4) is 0 Å². The number of sulfonamides is 1. The van der Waals surface area contributed by atoms with E-state index in [1.165, 1.54) is 12.1 Å². The van der Waals surface area contributed by atoms with Crippen molar-refractivity contribution in [3.63, 3.8) is 0 Å². The summed E-state index contributed by atoms with van der Waals surface area (Å²) in [6, 6.07) is 9.23. The summed E-state index contributed by atoms with van der Waals surface area (Å²) < 4.78 is 27.2. The van der Waals surface area contributed by atoms with Crippen molar-refractivity contribution in [2.24, 2.45) is 0 Å².